The second kappa shape index (κ2) is 6.74. The molecule has 1 amide bonds. The van der Waals surface area contributed by atoms with E-state index in [1.54, 1.807) is 14.0 Å². The fourth-order valence-corrected chi connectivity index (χ4v) is 2.40. The average Bonchev–Trinajstić information content (AvgIpc) is 2.73. The molecular weight excluding hydrogens is 290 g/mol. The highest BCUT2D eigenvalue weighted by Crippen LogP contribution is 2.19. The van der Waals surface area contributed by atoms with Crippen molar-refractivity contribution in [2.45, 2.75) is 19.4 Å². The van der Waals surface area contributed by atoms with Gasteiger partial charge in [0.05, 0.1) is 17.4 Å². The molecule has 0 aliphatic rings. The second-order valence-electron chi connectivity index (χ2n) is 4.85. The molecular formula is C15H18ClN3O2. The van der Waals surface area contributed by atoms with E-state index in [9.17, 15) is 9.90 Å². The number of carbonyl (C=O) groups excluding carboxylic acids is 1. The normalized spacial score (nSPS) is 12.2. The minimum Gasteiger partial charge on any atom is -0.388 e. The average molecular weight is 308 g/mol. The largest absolute Gasteiger partial charge is 0.388 e. The van der Waals surface area contributed by atoms with Crippen molar-refractivity contribution in [3.63, 3.8) is 0 Å². The molecule has 0 spiro atoms. The minimum atomic E-state index is -0.600. The van der Waals surface area contributed by atoms with Crippen LogP contribution in [0.4, 0.5) is 0 Å². The molecule has 0 saturated heterocycles. The standard InChI is InChI=1S/C15H18ClN3O2/c1-10-13(14(16)19(2)18-10)15(21)17-9-8-12(20)11-6-4-3-5-7-11/h3-7,12,20H,8-9H2,1-2H3,(H,17,21). The summed E-state index contributed by atoms with van der Waals surface area (Å²) < 4.78 is 1.46. The molecule has 1 atom stereocenters. The number of nitrogens with one attached hydrogen (secondary N) is 1. The smallest absolute Gasteiger partial charge is 0.256 e. The summed E-state index contributed by atoms with van der Waals surface area (Å²) in [6, 6.07) is 9.35. The monoisotopic (exact) mass is 307 g/mol. The molecule has 0 aliphatic carbocycles. The number of halogens is 1. The van der Waals surface area contributed by atoms with Gasteiger partial charge in [0.15, 0.2) is 0 Å². The number of aliphatic hydroxyl groups is 1. The lowest BCUT2D eigenvalue weighted by Gasteiger charge is -2.11. The topological polar surface area (TPSA) is 67.2 Å². The summed E-state index contributed by atoms with van der Waals surface area (Å²) in [5.74, 6) is -0.272. The van der Waals surface area contributed by atoms with Crippen LogP contribution in [0.1, 0.15) is 34.1 Å². The molecule has 2 rings (SSSR count). The van der Waals surface area contributed by atoms with Crippen molar-refractivity contribution >= 4 is 17.5 Å². The zero-order valence-electron chi connectivity index (χ0n) is 12.0. The zero-order chi connectivity index (χ0) is 15.4. The second-order valence-corrected chi connectivity index (χ2v) is 5.20. The molecule has 5 nitrogen and oxygen atoms in total. The van der Waals surface area contributed by atoms with Crippen LogP contribution in [0.5, 0.6) is 0 Å². The Bertz CT molecular complexity index is 625. The van der Waals surface area contributed by atoms with Gasteiger partial charge >= 0.3 is 0 Å². The quantitative estimate of drug-likeness (QED) is 0.890. The van der Waals surface area contributed by atoms with E-state index in [2.05, 4.69) is 10.4 Å². The van der Waals surface area contributed by atoms with Crippen molar-refractivity contribution in [1.29, 1.82) is 0 Å². The Kier molecular flexibility index (Phi) is 4.98. The maximum atomic E-state index is 12.1. The zero-order valence-corrected chi connectivity index (χ0v) is 12.8. The third kappa shape index (κ3) is 3.62. The van der Waals surface area contributed by atoms with Gasteiger partial charge in [-0.25, -0.2) is 0 Å². The van der Waals surface area contributed by atoms with Crippen molar-refractivity contribution in [3.8, 4) is 0 Å². The van der Waals surface area contributed by atoms with Crippen molar-refractivity contribution < 1.29 is 9.90 Å². The van der Waals surface area contributed by atoms with E-state index >= 15 is 0 Å². The molecule has 0 bridgehead atoms. The van der Waals surface area contributed by atoms with Gasteiger partial charge in [-0.05, 0) is 18.9 Å². The lowest BCUT2D eigenvalue weighted by molar-refractivity contribution is 0.0942. The maximum Gasteiger partial charge on any atom is 0.256 e. The highest BCUT2D eigenvalue weighted by molar-refractivity contribution is 6.33. The predicted molar refractivity (Wildman–Crippen MR) is 81.3 cm³/mol. The van der Waals surface area contributed by atoms with Crippen LogP contribution in [-0.2, 0) is 7.05 Å². The molecule has 1 aromatic carbocycles. The van der Waals surface area contributed by atoms with Gasteiger partial charge in [-0.15, -0.1) is 0 Å². The number of aryl methyl sites for hydroxylation is 2. The molecule has 112 valence electrons. The van der Waals surface area contributed by atoms with Crippen LogP contribution >= 0.6 is 11.6 Å². The Balaban J connectivity index is 1.90. The summed E-state index contributed by atoms with van der Waals surface area (Å²) in [5, 5.41) is 17.2. The van der Waals surface area contributed by atoms with Crippen LogP contribution in [-0.4, -0.2) is 27.3 Å². The third-order valence-electron chi connectivity index (χ3n) is 3.27. The molecule has 2 aromatic rings. The van der Waals surface area contributed by atoms with Crippen LogP contribution in [0, 0.1) is 6.92 Å². The van der Waals surface area contributed by atoms with Gasteiger partial charge in [0, 0.05) is 13.6 Å². The number of nitrogens with zero attached hydrogens (tertiary/aromatic N) is 2. The van der Waals surface area contributed by atoms with E-state index in [0.717, 1.165) is 5.56 Å². The third-order valence-corrected chi connectivity index (χ3v) is 3.70. The Morgan fingerprint density at radius 2 is 2.10 bits per heavy atom. The minimum absolute atomic E-state index is 0.272. The van der Waals surface area contributed by atoms with Gasteiger partial charge in [-0.3, -0.25) is 9.48 Å². The molecule has 0 saturated carbocycles. The Morgan fingerprint density at radius 1 is 1.43 bits per heavy atom. The Labute approximate surface area is 128 Å². The summed E-state index contributed by atoms with van der Waals surface area (Å²) >= 11 is 6.04. The van der Waals surface area contributed by atoms with Crippen LogP contribution in [0.15, 0.2) is 30.3 Å². The molecule has 1 unspecified atom stereocenters. The van der Waals surface area contributed by atoms with E-state index in [4.69, 9.17) is 11.6 Å². The summed E-state index contributed by atoms with van der Waals surface area (Å²) in [6.45, 7) is 2.10. The molecule has 0 fully saturated rings. The van der Waals surface area contributed by atoms with E-state index < -0.39 is 6.10 Å². The fourth-order valence-electron chi connectivity index (χ4n) is 2.14. The molecule has 0 aliphatic heterocycles. The fraction of sp³-hybridized carbons (Fsp3) is 0.333. The first-order chi connectivity index (χ1) is 10.0. The van der Waals surface area contributed by atoms with Gasteiger partial charge in [0.2, 0.25) is 0 Å². The summed E-state index contributed by atoms with van der Waals surface area (Å²) in [7, 11) is 1.69. The van der Waals surface area contributed by atoms with Gasteiger partial charge < -0.3 is 10.4 Å². The molecule has 0 radical (unpaired) electrons. The summed E-state index contributed by atoms with van der Waals surface area (Å²) in [4.78, 5) is 12.1. The lowest BCUT2D eigenvalue weighted by atomic mass is 10.1. The first kappa shape index (κ1) is 15.5. The molecule has 1 aromatic heterocycles. The van der Waals surface area contributed by atoms with E-state index in [1.807, 2.05) is 30.3 Å². The molecule has 21 heavy (non-hydrogen) atoms. The van der Waals surface area contributed by atoms with Gasteiger partial charge in [-0.2, -0.15) is 5.10 Å². The van der Waals surface area contributed by atoms with Crippen molar-refractivity contribution in [2.24, 2.45) is 7.05 Å². The lowest BCUT2D eigenvalue weighted by Crippen LogP contribution is -2.26. The van der Waals surface area contributed by atoms with E-state index in [0.29, 0.717) is 29.4 Å². The van der Waals surface area contributed by atoms with E-state index in [-0.39, 0.29) is 5.91 Å². The number of benzene rings is 1. The van der Waals surface area contributed by atoms with Crippen LogP contribution in [0.25, 0.3) is 0 Å². The number of amides is 1. The highest BCUT2D eigenvalue weighted by Gasteiger charge is 2.18. The molecule has 1 heterocycles. The van der Waals surface area contributed by atoms with Crippen LogP contribution < -0.4 is 5.32 Å². The number of hydrogen-bond donors (Lipinski definition) is 2. The van der Waals surface area contributed by atoms with Gasteiger partial charge in [0.25, 0.3) is 5.91 Å². The van der Waals surface area contributed by atoms with E-state index in [1.165, 1.54) is 4.68 Å². The van der Waals surface area contributed by atoms with Gasteiger partial charge in [0.1, 0.15) is 5.15 Å². The van der Waals surface area contributed by atoms with Crippen LogP contribution in [0.2, 0.25) is 5.15 Å². The highest BCUT2D eigenvalue weighted by atomic mass is 35.5. The van der Waals surface area contributed by atoms with Gasteiger partial charge in [-0.1, -0.05) is 41.9 Å². The number of aromatic nitrogens is 2. The number of rotatable bonds is 5. The molecule has 2 N–H and O–H groups in total. The maximum absolute atomic E-state index is 12.1. The summed E-state index contributed by atoms with van der Waals surface area (Å²) in [6.07, 6.45) is -0.163. The first-order valence-electron chi connectivity index (χ1n) is 6.71. The number of aliphatic hydroxyl groups excluding tert-OH is 1. The first-order valence-corrected chi connectivity index (χ1v) is 7.08. The predicted octanol–water partition coefficient (Wildman–Crippen LogP) is 2.24. The van der Waals surface area contributed by atoms with Crippen molar-refractivity contribution in [3.05, 3.63) is 52.3 Å². The van der Waals surface area contributed by atoms with Crippen molar-refractivity contribution in [2.75, 3.05) is 6.54 Å². The number of hydrogen-bond acceptors (Lipinski definition) is 3. The molecule has 6 heteroatoms. The Hall–Kier alpha value is -1.85. The van der Waals surface area contributed by atoms with Crippen molar-refractivity contribution in [1.82, 2.24) is 15.1 Å². The SMILES string of the molecule is Cc1nn(C)c(Cl)c1C(=O)NCCC(O)c1ccccc1. The Morgan fingerprint density at radius 3 is 2.67 bits per heavy atom. The van der Waals surface area contributed by atoms with Crippen LogP contribution in [0.3, 0.4) is 0 Å². The summed E-state index contributed by atoms with van der Waals surface area (Å²) in [5.41, 5.74) is 1.80. The number of carbonyl (C=O) groups is 1.